The van der Waals surface area contributed by atoms with Gasteiger partial charge in [-0.1, -0.05) is 29.8 Å². The zero-order valence-electron chi connectivity index (χ0n) is 16.7. The summed E-state index contributed by atoms with van der Waals surface area (Å²) in [5.41, 5.74) is 4.68. The molecule has 31 heavy (non-hydrogen) atoms. The van der Waals surface area contributed by atoms with Crippen molar-refractivity contribution in [3.05, 3.63) is 101 Å². The number of carbonyl (C=O) groups excluding carboxylic acids is 1. The van der Waals surface area contributed by atoms with E-state index < -0.39 is 6.04 Å². The van der Waals surface area contributed by atoms with E-state index in [0.29, 0.717) is 29.1 Å². The minimum Gasteiger partial charge on any atom is -0.507 e. The van der Waals surface area contributed by atoms with Gasteiger partial charge in [0.25, 0.3) is 5.91 Å². The number of benzene rings is 2. The summed E-state index contributed by atoms with van der Waals surface area (Å²) < 4.78 is 13.6. The summed E-state index contributed by atoms with van der Waals surface area (Å²) in [4.78, 5) is 19.2. The molecule has 0 aliphatic carbocycles. The summed E-state index contributed by atoms with van der Waals surface area (Å²) in [5.74, 6) is -0.481. The number of aromatic hydroxyl groups is 1. The summed E-state index contributed by atoms with van der Waals surface area (Å²) in [6, 6.07) is 14.6. The molecule has 0 unspecified atom stereocenters. The van der Waals surface area contributed by atoms with Crippen molar-refractivity contribution in [1.29, 1.82) is 0 Å². The van der Waals surface area contributed by atoms with Crippen LogP contribution in [0.2, 0.25) is 0 Å². The van der Waals surface area contributed by atoms with Gasteiger partial charge in [-0.25, -0.2) is 4.39 Å². The Hall–Kier alpha value is -4.00. The number of fused-ring (bicyclic) bond motifs is 1. The number of nitrogens with zero attached hydrogens (tertiary/aromatic N) is 3. The second kappa shape index (κ2) is 7.36. The van der Waals surface area contributed by atoms with Gasteiger partial charge in [0, 0.05) is 30.1 Å². The summed E-state index contributed by atoms with van der Waals surface area (Å²) in [5, 5.41) is 17.7. The smallest absolute Gasteiger partial charge is 0.273 e. The van der Waals surface area contributed by atoms with E-state index in [0.717, 1.165) is 16.7 Å². The maximum atomic E-state index is 13.6. The Labute approximate surface area is 178 Å². The molecule has 3 heterocycles. The molecular formula is C24H19FN4O2. The van der Waals surface area contributed by atoms with Crippen molar-refractivity contribution < 1.29 is 14.3 Å². The first-order chi connectivity index (χ1) is 15.0. The molecule has 0 bridgehead atoms. The van der Waals surface area contributed by atoms with E-state index in [1.54, 1.807) is 35.5 Å². The lowest BCUT2D eigenvalue weighted by atomic mass is 9.95. The van der Waals surface area contributed by atoms with Gasteiger partial charge in [0.2, 0.25) is 0 Å². The van der Waals surface area contributed by atoms with Crippen LogP contribution in [0.15, 0.2) is 67.0 Å². The number of rotatable bonds is 4. The van der Waals surface area contributed by atoms with Crippen molar-refractivity contribution in [3.8, 4) is 17.0 Å². The molecule has 1 aliphatic rings. The number of phenols is 1. The number of carbonyl (C=O) groups is 1. The van der Waals surface area contributed by atoms with Crippen LogP contribution in [0.5, 0.6) is 5.75 Å². The molecule has 2 aromatic carbocycles. The second-order valence-corrected chi connectivity index (χ2v) is 7.63. The number of amides is 1. The SMILES string of the molecule is Cc1ccc(O)c(-c2n[nH]c3c2[C@@H](c2ccc(F)cc2)N(Cc2cccnc2)C3=O)c1. The van der Waals surface area contributed by atoms with Crippen molar-refractivity contribution >= 4 is 5.91 Å². The van der Waals surface area contributed by atoms with E-state index in [9.17, 15) is 14.3 Å². The first kappa shape index (κ1) is 19.0. The van der Waals surface area contributed by atoms with Crippen LogP contribution in [0, 0.1) is 12.7 Å². The maximum Gasteiger partial charge on any atom is 0.273 e. The normalized spacial score (nSPS) is 15.4. The number of aromatic nitrogens is 3. The van der Waals surface area contributed by atoms with Crippen LogP contribution < -0.4 is 0 Å². The number of aryl methyl sites for hydroxylation is 1. The third-order valence-electron chi connectivity index (χ3n) is 5.53. The van der Waals surface area contributed by atoms with Gasteiger partial charge >= 0.3 is 0 Å². The summed E-state index contributed by atoms with van der Waals surface area (Å²) >= 11 is 0. The lowest BCUT2D eigenvalue weighted by Gasteiger charge is -2.26. The van der Waals surface area contributed by atoms with Crippen LogP contribution in [0.3, 0.4) is 0 Å². The molecule has 0 saturated heterocycles. The van der Waals surface area contributed by atoms with E-state index in [4.69, 9.17) is 0 Å². The number of hydrogen-bond acceptors (Lipinski definition) is 4. The minimum atomic E-state index is -0.489. The Morgan fingerprint density at radius 1 is 1.16 bits per heavy atom. The average Bonchev–Trinajstić information content (AvgIpc) is 3.31. The van der Waals surface area contributed by atoms with Crippen molar-refractivity contribution in [2.45, 2.75) is 19.5 Å². The van der Waals surface area contributed by atoms with Gasteiger partial charge in [0.15, 0.2) is 0 Å². The zero-order chi connectivity index (χ0) is 21.5. The molecule has 5 rings (SSSR count). The highest BCUT2D eigenvalue weighted by Crippen LogP contribution is 2.45. The van der Waals surface area contributed by atoms with Crippen molar-refractivity contribution in [3.63, 3.8) is 0 Å². The zero-order valence-corrected chi connectivity index (χ0v) is 16.7. The minimum absolute atomic E-state index is 0.0796. The van der Waals surface area contributed by atoms with Gasteiger partial charge in [0.05, 0.1) is 6.04 Å². The molecule has 7 heteroatoms. The number of pyridine rings is 1. The van der Waals surface area contributed by atoms with Crippen LogP contribution in [0.4, 0.5) is 4.39 Å². The number of aromatic amines is 1. The maximum absolute atomic E-state index is 13.6. The first-order valence-electron chi connectivity index (χ1n) is 9.86. The van der Waals surface area contributed by atoms with Crippen LogP contribution in [-0.2, 0) is 6.54 Å². The molecule has 0 saturated carbocycles. The molecule has 2 aromatic heterocycles. The monoisotopic (exact) mass is 414 g/mol. The second-order valence-electron chi connectivity index (χ2n) is 7.63. The highest BCUT2D eigenvalue weighted by Gasteiger charge is 2.42. The fraction of sp³-hybridized carbons (Fsp3) is 0.125. The van der Waals surface area contributed by atoms with Crippen LogP contribution in [0.25, 0.3) is 11.3 Å². The predicted octanol–water partition coefficient (Wildman–Crippen LogP) is 4.37. The standard InChI is InChI=1S/C24H19FN4O2/c1-14-4-9-19(30)18(11-14)21-20-22(28-27-21)24(31)29(13-15-3-2-10-26-12-15)23(20)16-5-7-17(25)8-6-16/h2-12,23,30H,13H2,1H3,(H,27,28)/t23-/m1/s1. The summed E-state index contributed by atoms with van der Waals surface area (Å²) in [6.07, 6.45) is 3.39. The van der Waals surface area contributed by atoms with Gasteiger partial charge in [-0.3, -0.25) is 14.9 Å². The van der Waals surface area contributed by atoms with Crippen molar-refractivity contribution in [2.24, 2.45) is 0 Å². The quantitative estimate of drug-likeness (QED) is 0.520. The number of H-pyrrole nitrogens is 1. The van der Waals surface area contributed by atoms with Crippen molar-refractivity contribution in [2.75, 3.05) is 0 Å². The van der Waals surface area contributed by atoms with Gasteiger partial charge in [-0.05, 0) is 48.4 Å². The van der Waals surface area contributed by atoms with E-state index in [2.05, 4.69) is 15.2 Å². The Bertz CT molecular complexity index is 1270. The third-order valence-corrected chi connectivity index (χ3v) is 5.53. The Balaban J connectivity index is 1.68. The van der Waals surface area contributed by atoms with E-state index in [-0.39, 0.29) is 17.5 Å². The number of nitrogens with one attached hydrogen (secondary N) is 1. The third kappa shape index (κ3) is 3.24. The molecule has 1 aliphatic heterocycles. The molecule has 1 atom stereocenters. The molecule has 0 fully saturated rings. The van der Waals surface area contributed by atoms with Gasteiger partial charge in [0.1, 0.15) is 23.0 Å². The van der Waals surface area contributed by atoms with Crippen LogP contribution in [0.1, 0.15) is 38.8 Å². The lowest BCUT2D eigenvalue weighted by molar-refractivity contribution is 0.0730. The average molecular weight is 414 g/mol. The molecule has 0 radical (unpaired) electrons. The Morgan fingerprint density at radius 3 is 2.71 bits per heavy atom. The summed E-state index contributed by atoms with van der Waals surface area (Å²) in [7, 11) is 0. The van der Waals surface area contributed by atoms with Crippen LogP contribution in [-0.4, -0.2) is 31.1 Å². The lowest BCUT2D eigenvalue weighted by Crippen LogP contribution is -2.29. The fourth-order valence-corrected chi connectivity index (χ4v) is 4.08. The molecular weight excluding hydrogens is 395 g/mol. The Morgan fingerprint density at radius 2 is 1.97 bits per heavy atom. The number of phenolic OH excluding ortho intramolecular Hbond substituents is 1. The van der Waals surface area contributed by atoms with Gasteiger partial charge < -0.3 is 10.0 Å². The van der Waals surface area contributed by atoms with Crippen LogP contribution >= 0.6 is 0 Å². The first-order valence-corrected chi connectivity index (χ1v) is 9.86. The highest BCUT2D eigenvalue weighted by molar-refractivity contribution is 6.00. The van der Waals surface area contributed by atoms with Gasteiger partial charge in [-0.2, -0.15) is 5.10 Å². The number of halogens is 1. The molecule has 1 amide bonds. The molecule has 0 spiro atoms. The van der Waals surface area contributed by atoms with E-state index >= 15 is 0 Å². The topological polar surface area (TPSA) is 82.1 Å². The van der Waals surface area contributed by atoms with Gasteiger partial charge in [-0.15, -0.1) is 0 Å². The fourth-order valence-electron chi connectivity index (χ4n) is 4.08. The van der Waals surface area contributed by atoms with E-state index in [1.165, 1.54) is 12.1 Å². The predicted molar refractivity (Wildman–Crippen MR) is 113 cm³/mol. The number of hydrogen-bond donors (Lipinski definition) is 2. The molecule has 154 valence electrons. The largest absolute Gasteiger partial charge is 0.507 e. The highest BCUT2D eigenvalue weighted by atomic mass is 19.1. The van der Waals surface area contributed by atoms with E-state index in [1.807, 2.05) is 31.2 Å². The molecule has 6 nitrogen and oxygen atoms in total. The molecule has 2 N–H and O–H groups in total. The van der Waals surface area contributed by atoms with Crippen molar-refractivity contribution in [1.82, 2.24) is 20.1 Å². The Kier molecular flexibility index (Phi) is 4.51. The summed E-state index contributed by atoms with van der Waals surface area (Å²) in [6.45, 7) is 2.25. The molecule has 4 aromatic rings.